The lowest BCUT2D eigenvalue weighted by Crippen LogP contribution is -2.15. The lowest BCUT2D eigenvalue weighted by Gasteiger charge is -2.17. The Morgan fingerprint density at radius 2 is 1.94 bits per heavy atom. The average molecular weight is 251 g/mol. The normalized spacial score (nSPS) is 11.2. The molecule has 0 fully saturated rings. The van der Waals surface area contributed by atoms with Crippen molar-refractivity contribution in [1.82, 2.24) is 5.32 Å². The van der Waals surface area contributed by atoms with E-state index in [9.17, 15) is 8.78 Å². The Balaban J connectivity index is 2.92. The number of hydrogen-bond donors (Lipinski definition) is 1. The molecular weight excluding hydrogens is 232 g/mol. The van der Waals surface area contributed by atoms with Gasteiger partial charge < -0.3 is 5.32 Å². The molecule has 0 atom stereocenters. The number of nitrogens with one attached hydrogen (secondary N) is 1. The van der Waals surface area contributed by atoms with Crippen LogP contribution in [-0.4, -0.2) is 6.54 Å². The van der Waals surface area contributed by atoms with Gasteiger partial charge in [-0.25, -0.2) is 8.78 Å². The molecule has 0 radical (unpaired) electrons. The molecule has 0 amide bonds. The lowest BCUT2D eigenvalue weighted by atomic mass is 9.98. The zero-order valence-corrected chi connectivity index (χ0v) is 11.1. The van der Waals surface area contributed by atoms with E-state index in [1.54, 1.807) is 12.1 Å². The van der Waals surface area contributed by atoms with Crippen molar-refractivity contribution in [3.63, 3.8) is 0 Å². The van der Waals surface area contributed by atoms with E-state index in [1.807, 2.05) is 6.92 Å². The van der Waals surface area contributed by atoms with Gasteiger partial charge >= 0.3 is 0 Å². The maximum Gasteiger partial charge on any atom is 0.132 e. The Morgan fingerprint density at radius 1 is 1.33 bits per heavy atom. The fourth-order valence-corrected chi connectivity index (χ4v) is 1.48. The zero-order chi connectivity index (χ0) is 13.9. The average Bonchev–Trinajstić information content (AvgIpc) is 2.24. The van der Waals surface area contributed by atoms with Crippen LogP contribution in [0.5, 0.6) is 0 Å². The summed E-state index contributed by atoms with van der Waals surface area (Å²) in [7, 11) is 0. The van der Waals surface area contributed by atoms with Crippen LogP contribution < -0.4 is 5.32 Å². The number of benzene rings is 1. The van der Waals surface area contributed by atoms with Gasteiger partial charge in [-0.05, 0) is 38.5 Å². The van der Waals surface area contributed by atoms with E-state index in [-0.39, 0.29) is 0 Å². The minimum atomic E-state index is -1.55. The molecule has 0 aliphatic rings. The molecule has 18 heavy (non-hydrogen) atoms. The monoisotopic (exact) mass is 251 g/mol. The van der Waals surface area contributed by atoms with Crippen LogP contribution >= 0.6 is 0 Å². The predicted octanol–water partition coefficient (Wildman–Crippen LogP) is 4.17. The Bertz CT molecular complexity index is 470. The third-order valence-corrected chi connectivity index (χ3v) is 2.58. The lowest BCUT2D eigenvalue weighted by molar-refractivity contribution is 0.220. The van der Waals surface area contributed by atoms with E-state index in [0.29, 0.717) is 23.4 Å². The molecule has 0 aromatic heterocycles. The third-order valence-electron chi connectivity index (χ3n) is 2.58. The van der Waals surface area contributed by atoms with Gasteiger partial charge in [-0.3, -0.25) is 0 Å². The Kier molecular flexibility index (Phi) is 4.28. The van der Waals surface area contributed by atoms with Gasteiger partial charge in [0.1, 0.15) is 11.5 Å². The summed E-state index contributed by atoms with van der Waals surface area (Å²) in [4.78, 5) is 0. The number of alkyl halides is 1. The van der Waals surface area contributed by atoms with Gasteiger partial charge in [0.2, 0.25) is 0 Å². The summed E-state index contributed by atoms with van der Waals surface area (Å²) >= 11 is 0. The van der Waals surface area contributed by atoms with Crippen LogP contribution in [0.1, 0.15) is 31.9 Å². The molecule has 98 valence electrons. The second-order valence-electron chi connectivity index (χ2n) is 4.96. The van der Waals surface area contributed by atoms with E-state index in [1.165, 1.54) is 19.9 Å². The Hall–Kier alpha value is -1.64. The van der Waals surface area contributed by atoms with E-state index in [4.69, 9.17) is 0 Å². The quantitative estimate of drug-likeness (QED) is 0.774. The van der Waals surface area contributed by atoms with Gasteiger partial charge in [-0.15, -0.1) is 0 Å². The summed E-state index contributed by atoms with van der Waals surface area (Å²) in [6, 6.07) is 4.33. The number of halogens is 2. The Morgan fingerprint density at radius 3 is 2.39 bits per heavy atom. The molecule has 0 unspecified atom stereocenters. The molecule has 0 heterocycles. The molecular formula is C15H19F2N. The number of hydrogen-bond acceptors (Lipinski definition) is 1. The van der Waals surface area contributed by atoms with E-state index in [0.717, 1.165) is 5.57 Å². The maximum atomic E-state index is 13.9. The van der Waals surface area contributed by atoms with Crippen LogP contribution in [0.3, 0.4) is 0 Å². The van der Waals surface area contributed by atoms with Gasteiger partial charge in [-0.2, -0.15) is 0 Å². The second-order valence-corrected chi connectivity index (χ2v) is 4.96. The molecule has 0 aliphatic carbocycles. The van der Waals surface area contributed by atoms with E-state index in [2.05, 4.69) is 18.5 Å². The molecule has 0 saturated carbocycles. The fourth-order valence-electron chi connectivity index (χ4n) is 1.48. The summed E-state index contributed by atoms with van der Waals surface area (Å²) in [5.41, 5.74) is 0.517. The van der Waals surface area contributed by atoms with Gasteiger partial charge in [0.05, 0.1) is 0 Å². The smallest absolute Gasteiger partial charge is 0.132 e. The summed E-state index contributed by atoms with van der Waals surface area (Å²) in [5, 5.41) is 2.97. The van der Waals surface area contributed by atoms with Gasteiger partial charge in [-0.1, -0.05) is 24.8 Å². The van der Waals surface area contributed by atoms with Crippen LogP contribution in [-0.2, 0) is 5.67 Å². The largest absolute Gasteiger partial charge is 0.381 e. The summed E-state index contributed by atoms with van der Waals surface area (Å²) < 4.78 is 27.5. The minimum Gasteiger partial charge on any atom is -0.381 e. The SMILES string of the molecule is C=C(C)CNC(=C)c1ccc(C(C)(C)F)cc1F. The van der Waals surface area contributed by atoms with Crippen LogP contribution in [0.4, 0.5) is 8.78 Å². The van der Waals surface area contributed by atoms with Crippen molar-refractivity contribution in [2.75, 3.05) is 6.54 Å². The molecule has 1 nitrogen and oxygen atoms in total. The molecule has 0 spiro atoms. The molecule has 1 aromatic carbocycles. The summed E-state index contributed by atoms with van der Waals surface area (Å²) in [5.74, 6) is -0.475. The highest BCUT2D eigenvalue weighted by molar-refractivity contribution is 5.62. The molecule has 0 bridgehead atoms. The van der Waals surface area contributed by atoms with Crippen molar-refractivity contribution in [2.45, 2.75) is 26.4 Å². The molecule has 1 aromatic rings. The zero-order valence-electron chi connectivity index (χ0n) is 11.1. The summed E-state index contributed by atoms with van der Waals surface area (Å²) in [6.07, 6.45) is 0. The fraction of sp³-hybridized carbons (Fsp3) is 0.333. The van der Waals surface area contributed by atoms with Crippen molar-refractivity contribution in [3.8, 4) is 0 Å². The molecule has 0 saturated heterocycles. The van der Waals surface area contributed by atoms with Crippen molar-refractivity contribution in [1.29, 1.82) is 0 Å². The molecule has 3 heteroatoms. The highest BCUT2D eigenvalue weighted by Gasteiger charge is 2.20. The maximum absolute atomic E-state index is 13.9. The third kappa shape index (κ3) is 3.69. The highest BCUT2D eigenvalue weighted by atomic mass is 19.1. The molecule has 0 aliphatic heterocycles. The van der Waals surface area contributed by atoms with Crippen LogP contribution in [0, 0.1) is 5.82 Å². The van der Waals surface area contributed by atoms with Gasteiger partial charge in [0.25, 0.3) is 0 Å². The van der Waals surface area contributed by atoms with Gasteiger partial charge in [0, 0.05) is 17.8 Å². The van der Waals surface area contributed by atoms with Crippen molar-refractivity contribution >= 4 is 5.70 Å². The van der Waals surface area contributed by atoms with Crippen molar-refractivity contribution in [3.05, 3.63) is 53.9 Å². The van der Waals surface area contributed by atoms with Crippen LogP contribution in [0.2, 0.25) is 0 Å². The van der Waals surface area contributed by atoms with Crippen molar-refractivity contribution in [2.24, 2.45) is 0 Å². The first-order chi connectivity index (χ1) is 8.21. The molecule has 1 rings (SSSR count). The summed E-state index contributed by atoms with van der Waals surface area (Å²) in [6.45, 7) is 12.7. The number of rotatable bonds is 5. The topological polar surface area (TPSA) is 12.0 Å². The predicted molar refractivity (Wildman–Crippen MR) is 72.4 cm³/mol. The van der Waals surface area contributed by atoms with Crippen LogP contribution in [0.15, 0.2) is 36.9 Å². The van der Waals surface area contributed by atoms with E-state index < -0.39 is 11.5 Å². The van der Waals surface area contributed by atoms with Crippen LogP contribution in [0.25, 0.3) is 5.70 Å². The first kappa shape index (κ1) is 14.4. The van der Waals surface area contributed by atoms with Gasteiger partial charge in [0.15, 0.2) is 0 Å². The minimum absolute atomic E-state index is 0.316. The second kappa shape index (κ2) is 5.34. The van der Waals surface area contributed by atoms with E-state index >= 15 is 0 Å². The Labute approximate surface area is 107 Å². The van der Waals surface area contributed by atoms with Crippen molar-refractivity contribution < 1.29 is 8.78 Å². The first-order valence-electron chi connectivity index (χ1n) is 5.78. The highest BCUT2D eigenvalue weighted by Crippen LogP contribution is 2.27. The first-order valence-corrected chi connectivity index (χ1v) is 5.78. The molecule has 1 N–H and O–H groups in total. The standard InChI is InChI=1S/C15H19F2N/c1-10(2)9-18-11(3)13-7-6-12(8-14(13)16)15(4,5)17/h6-8,18H,1,3,9H2,2,4-5H3.